The monoisotopic (exact) mass is 452 g/mol. The zero-order valence-electron chi connectivity index (χ0n) is 18.8. The highest BCUT2D eigenvalue weighted by molar-refractivity contribution is 5.88. The molecule has 0 spiro atoms. The van der Waals surface area contributed by atoms with Gasteiger partial charge in [-0.1, -0.05) is 60.7 Å². The van der Waals surface area contributed by atoms with Crippen LogP contribution in [0, 0.1) is 0 Å². The average Bonchev–Trinajstić information content (AvgIpc) is 2.84. The van der Waals surface area contributed by atoms with Gasteiger partial charge in [0.15, 0.2) is 0 Å². The van der Waals surface area contributed by atoms with E-state index < -0.39 is 12.1 Å². The fraction of sp³-hybridized carbons (Fsp3) is 0.400. The summed E-state index contributed by atoms with van der Waals surface area (Å²) < 4.78 is 5.50. The van der Waals surface area contributed by atoms with Crippen LogP contribution in [0.15, 0.2) is 60.7 Å². The van der Waals surface area contributed by atoms with Crippen LogP contribution in [0.5, 0.6) is 0 Å². The molecule has 1 heterocycles. The Bertz CT molecular complexity index is 892. The molecule has 0 radical (unpaired) electrons. The van der Waals surface area contributed by atoms with Crippen LogP contribution in [0.3, 0.4) is 0 Å². The van der Waals surface area contributed by atoms with E-state index in [1.165, 1.54) is 0 Å². The summed E-state index contributed by atoms with van der Waals surface area (Å²) in [5, 5.41) is 8.45. The lowest BCUT2D eigenvalue weighted by atomic mass is 10.0. The molecule has 0 saturated carbocycles. The van der Waals surface area contributed by atoms with Crippen LogP contribution in [0.1, 0.15) is 17.5 Å². The van der Waals surface area contributed by atoms with Crippen LogP contribution < -0.4 is 16.0 Å². The third kappa shape index (κ3) is 8.57. The molecule has 4 amide bonds. The molecule has 2 aromatic rings. The molecule has 0 bridgehead atoms. The number of carbonyl (C=O) groups excluding carboxylic acids is 3. The normalized spacial score (nSPS) is 15.8. The second-order valence-electron chi connectivity index (χ2n) is 7.92. The van der Waals surface area contributed by atoms with Crippen molar-refractivity contribution >= 4 is 17.8 Å². The Morgan fingerprint density at radius 1 is 0.970 bits per heavy atom. The van der Waals surface area contributed by atoms with Crippen molar-refractivity contribution in [2.75, 3.05) is 39.4 Å². The van der Waals surface area contributed by atoms with E-state index >= 15 is 0 Å². The highest BCUT2D eigenvalue weighted by atomic mass is 16.5. The number of benzene rings is 2. The largest absolute Gasteiger partial charge is 0.378 e. The number of hydrogen-bond donors (Lipinski definition) is 3. The number of rotatable bonds is 7. The number of urea groups is 1. The van der Waals surface area contributed by atoms with Gasteiger partial charge >= 0.3 is 6.03 Å². The molecule has 1 saturated heterocycles. The SMILES string of the molecule is O=C1CCN(C(=O)C(Cc2ccccc2)NC(=O)NCCc2ccccc2)CCOCCN1. The Morgan fingerprint density at radius 3 is 2.39 bits per heavy atom. The minimum absolute atomic E-state index is 0.121. The van der Waals surface area contributed by atoms with Gasteiger partial charge < -0.3 is 25.6 Å². The minimum atomic E-state index is -0.755. The molecule has 1 unspecified atom stereocenters. The van der Waals surface area contributed by atoms with E-state index in [0.29, 0.717) is 45.7 Å². The highest BCUT2D eigenvalue weighted by Crippen LogP contribution is 2.08. The van der Waals surface area contributed by atoms with Crippen LogP contribution in [0.2, 0.25) is 0 Å². The standard InChI is InChI=1S/C25H32N4O4/c30-23-12-15-29(16-18-33-17-14-26-23)24(31)22(19-21-9-5-2-6-10-21)28-25(32)27-13-11-20-7-3-1-4-8-20/h1-10,22H,11-19H2,(H,26,30)(H2,27,28,32). The summed E-state index contributed by atoms with van der Waals surface area (Å²) in [5.41, 5.74) is 2.07. The second-order valence-corrected chi connectivity index (χ2v) is 7.92. The third-order valence-corrected chi connectivity index (χ3v) is 5.42. The van der Waals surface area contributed by atoms with E-state index in [9.17, 15) is 14.4 Å². The molecule has 0 aromatic heterocycles. The molecule has 0 aliphatic carbocycles. The first-order valence-corrected chi connectivity index (χ1v) is 11.4. The number of ether oxygens (including phenoxy) is 1. The quantitative estimate of drug-likeness (QED) is 0.593. The molecule has 2 aromatic carbocycles. The second kappa shape index (κ2) is 13.2. The van der Waals surface area contributed by atoms with Gasteiger partial charge in [0.05, 0.1) is 13.2 Å². The molecule has 1 aliphatic heterocycles. The van der Waals surface area contributed by atoms with Crippen LogP contribution >= 0.6 is 0 Å². The molecule has 3 N–H and O–H groups in total. The van der Waals surface area contributed by atoms with Crippen molar-refractivity contribution < 1.29 is 19.1 Å². The summed E-state index contributed by atoms with van der Waals surface area (Å²) in [4.78, 5) is 39.6. The predicted octanol–water partition coefficient (Wildman–Crippen LogP) is 1.50. The van der Waals surface area contributed by atoms with Crippen molar-refractivity contribution in [3.8, 4) is 0 Å². The lowest BCUT2D eigenvalue weighted by Crippen LogP contribution is -2.53. The first-order chi connectivity index (χ1) is 16.1. The number of nitrogens with zero attached hydrogens (tertiary/aromatic N) is 1. The zero-order chi connectivity index (χ0) is 23.3. The minimum Gasteiger partial charge on any atom is -0.378 e. The molecular weight excluding hydrogens is 420 g/mol. The van der Waals surface area contributed by atoms with Crippen molar-refractivity contribution in [1.82, 2.24) is 20.9 Å². The van der Waals surface area contributed by atoms with Gasteiger partial charge in [-0.25, -0.2) is 4.79 Å². The van der Waals surface area contributed by atoms with E-state index in [1.54, 1.807) is 4.90 Å². The Kier molecular flexibility index (Phi) is 9.72. The summed E-state index contributed by atoms with van der Waals surface area (Å²) in [7, 11) is 0. The van der Waals surface area contributed by atoms with Gasteiger partial charge in [0.25, 0.3) is 0 Å². The predicted molar refractivity (Wildman–Crippen MR) is 126 cm³/mol. The van der Waals surface area contributed by atoms with Gasteiger partial charge in [-0.15, -0.1) is 0 Å². The fourth-order valence-electron chi connectivity index (χ4n) is 3.64. The molecule has 1 aliphatic rings. The van der Waals surface area contributed by atoms with Crippen LogP contribution in [-0.4, -0.2) is 68.2 Å². The van der Waals surface area contributed by atoms with Gasteiger partial charge in [-0.3, -0.25) is 9.59 Å². The van der Waals surface area contributed by atoms with Crippen molar-refractivity contribution in [2.45, 2.75) is 25.3 Å². The van der Waals surface area contributed by atoms with Gasteiger partial charge in [0.2, 0.25) is 11.8 Å². The maximum Gasteiger partial charge on any atom is 0.315 e. The average molecular weight is 453 g/mol. The topological polar surface area (TPSA) is 99.8 Å². The molecule has 3 rings (SSSR count). The van der Waals surface area contributed by atoms with Crippen molar-refractivity contribution in [2.24, 2.45) is 0 Å². The molecule has 33 heavy (non-hydrogen) atoms. The Hall–Kier alpha value is -3.39. The Morgan fingerprint density at radius 2 is 1.67 bits per heavy atom. The highest BCUT2D eigenvalue weighted by Gasteiger charge is 2.27. The summed E-state index contributed by atoms with van der Waals surface area (Å²) in [6.45, 7) is 2.35. The number of hydrogen-bond acceptors (Lipinski definition) is 4. The maximum absolute atomic E-state index is 13.4. The van der Waals surface area contributed by atoms with E-state index in [-0.39, 0.29) is 24.8 Å². The van der Waals surface area contributed by atoms with Gasteiger partial charge in [-0.2, -0.15) is 0 Å². The van der Waals surface area contributed by atoms with E-state index in [4.69, 9.17) is 4.74 Å². The van der Waals surface area contributed by atoms with E-state index in [2.05, 4.69) is 16.0 Å². The van der Waals surface area contributed by atoms with Gasteiger partial charge in [0, 0.05) is 39.0 Å². The van der Waals surface area contributed by atoms with Crippen molar-refractivity contribution in [1.29, 1.82) is 0 Å². The van der Waals surface area contributed by atoms with Gasteiger partial charge in [-0.05, 0) is 17.5 Å². The van der Waals surface area contributed by atoms with Gasteiger partial charge in [0.1, 0.15) is 6.04 Å². The molecular formula is C25H32N4O4. The smallest absolute Gasteiger partial charge is 0.315 e. The molecule has 176 valence electrons. The zero-order valence-corrected chi connectivity index (χ0v) is 18.8. The van der Waals surface area contributed by atoms with Crippen LogP contribution in [0.25, 0.3) is 0 Å². The Balaban J connectivity index is 1.63. The van der Waals surface area contributed by atoms with E-state index in [1.807, 2.05) is 60.7 Å². The molecule has 8 heteroatoms. The summed E-state index contributed by atoms with van der Waals surface area (Å²) in [6.07, 6.45) is 1.27. The number of amides is 4. The maximum atomic E-state index is 13.4. The third-order valence-electron chi connectivity index (χ3n) is 5.42. The van der Waals surface area contributed by atoms with Crippen LogP contribution in [0.4, 0.5) is 4.79 Å². The number of nitrogens with one attached hydrogen (secondary N) is 3. The first kappa shape index (κ1) is 24.3. The van der Waals surface area contributed by atoms with Crippen molar-refractivity contribution in [3.05, 3.63) is 71.8 Å². The lowest BCUT2D eigenvalue weighted by molar-refractivity contribution is -0.135. The lowest BCUT2D eigenvalue weighted by Gasteiger charge is -2.28. The Labute approximate surface area is 194 Å². The van der Waals surface area contributed by atoms with E-state index in [0.717, 1.165) is 11.1 Å². The number of carbonyl (C=O) groups is 3. The molecule has 8 nitrogen and oxygen atoms in total. The summed E-state index contributed by atoms with van der Waals surface area (Å²) in [6, 6.07) is 18.3. The van der Waals surface area contributed by atoms with Crippen LogP contribution in [-0.2, 0) is 27.2 Å². The molecule has 1 fully saturated rings. The fourth-order valence-corrected chi connectivity index (χ4v) is 3.64. The first-order valence-electron chi connectivity index (χ1n) is 11.4. The van der Waals surface area contributed by atoms with Crippen molar-refractivity contribution in [3.63, 3.8) is 0 Å². The molecule has 1 atom stereocenters. The summed E-state index contributed by atoms with van der Waals surface area (Å²) in [5.74, 6) is -0.349. The summed E-state index contributed by atoms with van der Waals surface area (Å²) >= 11 is 0.